The smallest absolute Gasteiger partial charge is 0.308 e. The number of aromatic nitrogens is 1. The van der Waals surface area contributed by atoms with E-state index in [2.05, 4.69) is 10.3 Å². The molecular weight excluding hydrogens is 542 g/mol. The third-order valence-corrected chi connectivity index (χ3v) is 8.45. The van der Waals surface area contributed by atoms with Gasteiger partial charge in [0, 0.05) is 44.3 Å². The average Bonchev–Trinajstić information content (AvgIpc) is 3.60. The number of ether oxygens (including phenoxy) is 2. The van der Waals surface area contributed by atoms with Crippen molar-refractivity contribution in [1.29, 1.82) is 0 Å². The summed E-state index contributed by atoms with van der Waals surface area (Å²) in [6.45, 7) is 7.20. The van der Waals surface area contributed by atoms with E-state index in [0.29, 0.717) is 36.6 Å². The predicted octanol–water partition coefficient (Wildman–Crippen LogP) is 4.96. The molecule has 3 unspecified atom stereocenters. The number of carbonyl (C=O) groups is 4. The summed E-state index contributed by atoms with van der Waals surface area (Å²) in [5.74, 6) is -0.867. The molecule has 9 nitrogen and oxygen atoms in total. The number of amides is 2. The van der Waals surface area contributed by atoms with Crippen LogP contribution in [0, 0.1) is 17.8 Å². The van der Waals surface area contributed by atoms with E-state index < -0.39 is 18.0 Å². The molecule has 1 N–H and O–H groups in total. The minimum atomic E-state index is -0.693. The van der Waals surface area contributed by atoms with E-state index in [0.717, 1.165) is 18.4 Å². The maximum absolute atomic E-state index is 13.3. The van der Waals surface area contributed by atoms with Gasteiger partial charge in [-0.3, -0.25) is 19.2 Å². The fourth-order valence-electron chi connectivity index (χ4n) is 5.01. The van der Waals surface area contributed by atoms with Crippen molar-refractivity contribution in [2.24, 2.45) is 17.8 Å². The number of thiazole rings is 1. The SMILES string of the molecule is COC(=O)[C@@H](C)CC(Cc1ccccc1)NC(=O)c1csc(C(CC(C(C)C)N(C)C(=O)CC2CC2)OC(C)=O)n1. The summed E-state index contributed by atoms with van der Waals surface area (Å²) in [5, 5.41) is 5.19. The van der Waals surface area contributed by atoms with Crippen LogP contribution in [0.5, 0.6) is 0 Å². The van der Waals surface area contributed by atoms with Gasteiger partial charge < -0.3 is 19.7 Å². The second kappa shape index (κ2) is 15.1. The lowest BCUT2D eigenvalue weighted by molar-refractivity contribution is -0.148. The Morgan fingerprint density at radius 1 is 1.10 bits per heavy atom. The molecule has 0 aliphatic heterocycles. The maximum Gasteiger partial charge on any atom is 0.308 e. The molecule has 2 amide bonds. The highest BCUT2D eigenvalue weighted by Crippen LogP contribution is 2.35. The minimum Gasteiger partial charge on any atom is -0.469 e. The summed E-state index contributed by atoms with van der Waals surface area (Å²) in [4.78, 5) is 56.7. The van der Waals surface area contributed by atoms with Gasteiger partial charge in [0.2, 0.25) is 5.91 Å². The number of hydrogen-bond donors (Lipinski definition) is 1. The fraction of sp³-hybridized carbons (Fsp3) is 0.581. The molecule has 0 saturated heterocycles. The largest absolute Gasteiger partial charge is 0.469 e. The van der Waals surface area contributed by atoms with Crippen LogP contribution in [-0.2, 0) is 30.3 Å². The summed E-state index contributed by atoms with van der Waals surface area (Å²) in [6, 6.07) is 9.25. The number of nitrogens with one attached hydrogen (secondary N) is 1. The minimum absolute atomic E-state index is 0.0950. The normalized spacial score (nSPS) is 15.9. The Kier molecular flexibility index (Phi) is 11.9. The van der Waals surface area contributed by atoms with Gasteiger partial charge in [0.25, 0.3) is 5.91 Å². The second-order valence-corrected chi connectivity index (χ2v) is 12.3. The van der Waals surface area contributed by atoms with E-state index in [1.54, 1.807) is 17.2 Å². The molecule has 224 valence electrons. The highest BCUT2D eigenvalue weighted by Gasteiger charge is 2.33. The van der Waals surface area contributed by atoms with Crippen molar-refractivity contribution in [2.75, 3.05) is 14.2 Å². The zero-order valence-electron chi connectivity index (χ0n) is 24.9. The number of methoxy groups -OCH3 is 1. The molecule has 1 aliphatic carbocycles. The van der Waals surface area contributed by atoms with Crippen LogP contribution in [-0.4, -0.2) is 59.9 Å². The van der Waals surface area contributed by atoms with Crippen LogP contribution in [0.4, 0.5) is 0 Å². The molecule has 3 rings (SSSR count). The lowest BCUT2D eigenvalue weighted by Crippen LogP contribution is -2.42. The van der Waals surface area contributed by atoms with Gasteiger partial charge >= 0.3 is 11.9 Å². The Bertz CT molecular complexity index is 1180. The number of benzene rings is 1. The Labute approximate surface area is 247 Å². The van der Waals surface area contributed by atoms with E-state index in [-0.39, 0.29) is 41.5 Å². The molecule has 0 spiro atoms. The van der Waals surface area contributed by atoms with Crippen molar-refractivity contribution in [3.63, 3.8) is 0 Å². The molecule has 41 heavy (non-hydrogen) atoms. The number of hydrogen-bond acceptors (Lipinski definition) is 8. The van der Waals surface area contributed by atoms with Crippen molar-refractivity contribution < 1.29 is 28.7 Å². The Morgan fingerprint density at radius 2 is 1.78 bits per heavy atom. The topological polar surface area (TPSA) is 115 Å². The van der Waals surface area contributed by atoms with Crippen LogP contribution in [0.2, 0.25) is 0 Å². The van der Waals surface area contributed by atoms with Crippen molar-refractivity contribution in [3.8, 4) is 0 Å². The summed E-state index contributed by atoms with van der Waals surface area (Å²) < 4.78 is 10.6. The van der Waals surface area contributed by atoms with E-state index in [1.807, 2.05) is 51.2 Å². The van der Waals surface area contributed by atoms with Gasteiger partial charge in [0.05, 0.1) is 13.0 Å². The van der Waals surface area contributed by atoms with Gasteiger partial charge in [-0.1, -0.05) is 51.1 Å². The van der Waals surface area contributed by atoms with Gasteiger partial charge in [-0.05, 0) is 43.1 Å². The first kappa shape index (κ1) is 32.2. The third-order valence-electron chi connectivity index (χ3n) is 7.52. The molecule has 1 aromatic carbocycles. The summed E-state index contributed by atoms with van der Waals surface area (Å²) in [7, 11) is 3.16. The van der Waals surface area contributed by atoms with Crippen molar-refractivity contribution >= 4 is 35.1 Å². The number of nitrogens with zero attached hydrogens (tertiary/aromatic N) is 2. The van der Waals surface area contributed by atoms with Crippen LogP contribution >= 0.6 is 11.3 Å². The van der Waals surface area contributed by atoms with Crippen LogP contribution in [0.15, 0.2) is 35.7 Å². The summed E-state index contributed by atoms with van der Waals surface area (Å²) >= 11 is 1.25. The molecule has 10 heteroatoms. The zero-order valence-corrected chi connectivity index (χ0v) is 25.7. The number of carbonyl (C=O) groups excluding carboxylic acids is 4. The Balaban J connectivity index is 1.76. The molecule has 0 radical (unpaired) electrons. The third kappa shape index (κ3) is 9.95. The summed E-state index contributed by atoms with van der Waals surface area (Å²) in [5.41, 5.74) is 1.24. The van der Waals surface area contributed by atoms with Crippen molar-refractivity contribution in [1.82, 2.24) is 15.2 Å². The van der Waals surface area contributed by atoms with E-state index >= 15 is 0 Å². The van der Waals surface area contributed by atoms with Crippen LogP contribution in [0.3, 0.4) is 0 Å². The van der Waals surface area contributed by atoms with Crippen molar-refractivity contribution in [2.45, 2.75) is 84.4 Å². The molecule has 0 bridgehead atoms. The van der Waals surface area contributed by atoms with Crippen LogP contribution in [0.25, 0.3) is 0 Å². The van der Waals surface area contributed by atoms with Gasteiger partial charge in [-0.2, -0.15) is 0 Å². The standard InChI is InChI=1S/C31H43N3O6S/c1-19(2)26(34(5)28(36)16-23-12-13-23)17-27(40-21(4)35)30-33-25(18-41-30)29(37)32-24(14-20(3)31(38)39-6)15-22-10-8-7-9-11-22/h7-11,18-20,23-24,26-27H,12-17H2,1-6H3,(H,32,37)/t20-,24?,26?,27?/m0/s1. The highest BCUT2D eigenvalue weighted by atomic mass is 32.1. The maximum atomic E-state index is 13.3. The molecule has 1 saturated carbocycles. The van der Waals surface area contributed by atoms with Gasteiger partial charge in [0.1, 0.15) is 10.7 Å². The molecule has 1 fully saturated rings. The number of rotatable bonds is 15. The lowest BCUT2D eigenvalue weighted by Gasteiger charge is -2.33. The van der Waals surface area contributed by atoms with E-state index in [1.165, 1.54) is 25.4 Å². The average molecular weight is 586 g/mol. The Hall–Kier alpha value is -3.27. The first-order valence-corrected chi connectivity index (χ1v) is 15.2. The second-order valence-electron chi connectivity index (χ2n) is 11.4. The predicted molar refractivity (Wildman–Crippen MR) is 157 cm³/mol. The Morgan fingerprint density at radius 3 is 2.37 bits per heavy atom. The molecule has 1 heterocycles. The molecule has 2 aromatic rings. The molecule has 1 aromatic heterocycles. The monoisotopic (exact) mass is 585 g/mol. The van der Waals surface area contributed by atoms with Crippen LogP contribution in [0.1, 0.15) is 87.0 Å². The first-order valence-electron chi connectivity index (χ1n) is 14.3. The quantitative estimate of drug-likeness (QED) is 0.294. The summed E-state index contributed by atoms with van der Waals surface area (Å²) in [6.07, 6.45) is 3.36. The first-order chi connectivity index (χ1) is 19.5. The highest BCUT2D eigenvalue weighted by molar-refractivity contribution is 7.09. The molecular formula is C31H43N3O6S. The number of esters is 2. The van der Waals surface area contributed by atoms with Gasteiger partial charge in [-0.15, -0.1) is 11.3 Å². The van der Waals surface area contributed by atoms with Crippen molar-refractivity contribution in [3.05, 3.63) is 52.0 Å². The fourth-order valence-corrected chi connectivity index (χ4v) is 5.85. The van der Waals surface area contributed by atoms with E-state index in [4.69, 9.17) is 9.47 Å². The van der Waals surface area contributed by atoms with E-state index in [9.17, 15) is 19.2 Å². The zero-order chi connectivity index (χ0) is 30.1. The van der Waals surface area contributed by atoms with Gasteiger partial charge in [0.15, 0.2) is 6.10 Å². The lowest BCUT2D eigenvalue weighted by atomic mass is 9.96. The van der Waals surface area contributed by atoms with Gasteiger partial charge in [-0.25, -0.2) is 4.98 Å². The molecule has 4 atom stereocenters. The molecule has 1 aliphatic rings. The van der Waals surface area contributed by atoms with Crippen LogP contribution < -0.4 is 5.32 Å².